The summed E-state index contributed by atoms with van der Waals surface area (Å²) in [6, 6.07) is 8.27. The second kappa shape index (κ2) is 7.91. The molecule has 0 heterocycles. The van der Waals surface area contributed by atoms with Crippen molar-refractivity contribution < 1.29 is 4.74 Å². The highest BCUT2D eigenvalue weighted by Gasteiger charge is 2.20. The molecule has 2 rings (SSSR count). The topological polar surface area (TPSA) is 21.3 Å². The lowest BCUT2D eigenvalue weighted by atomic mass is 9.85. The molecule has 0 spiro atoms. The van der Waals surface area contributed by atoms with Gasteiger partial charge in [0.1, 0.15) is 0 Å². The highest BCUT2D eigenvalue weighted by atomic mass is 79.9. The van der Waals surface area contributed by atoms with Crippen LogP contribution in [0.25, 0.3) is 0 Å². The van der Waals surface area contributed by atoms with E-state index in [2.05, 4.69) is 52.4 Å². The van der Waals surface area contributed by atoms with Gasteiger partial charge in [-0.1, -0.05) is 42.1 Å². The Morgan fingerprint density at radius 1 is 1.26 bits per heavy atom. The Labute approximate surface area is 125 Å². The van der Waals surface area contributed by atoms with Gasteiger partial charge in [0.05, 0.1) is 12.7 Å². The molecule has 2 unspecified atom stereocenters. The van der Waals surface area contributed by atoms with Crippen LogP contribution in [0.2, 0.25) is 0 Å². The molecule has 0 radical (unpaired) electrons. The van der Waals surface area contributed by atoms with E-state index in [1.54, 1.807) is 0 Å². The van der Waals surface area contributed by atoms with Crippen LogP contribution >= 0.6 is 15.9 Å². The van der Waals surface area contributed by atoms with E-state index in [9.17, 15) is 0 Å². The summed E-state index contributed by atoms with van der Waals surface area (Å²) in [5, 5.41) is 3.39. The maximum absolute atomic E-state index is 5.99. The number of rotatable bonds is 6. The zero-order chi connectivity index (χ0) is 13.5. The normalized spacial score (nSPS) is 23.3. The molecular formula is C16H24BrNO. The van der Waals surface area contributed by atoms with Gasteiger partial charge in [-0.15, -0.1) is 0 Å². The van der Waals surface area contributed by atoms with Crippen LogP contribution in [0.1, 0.15) is 39.0 Å². The summed E-state index contributed by atoms with van der Waals surface area (Å²) < 4.78 is 7.10. The van der Waals surface area contributed by atoms with Crippen molar-refractivity contribution >= 4 is 21.6 Å². The first-order valence-electron chi connectivity index (χ1n) is 7.39. The molecule has 1 aliphatic carbocycles. The van der Waals surface area contributed by atoms with Gasteiger partial charge >= 0.3 is 0 Å². The Morgan fingerprint density at radius 2 is 2.05 bits per heavy atom. The van der Waals surface area contributed by atoms with Crippen molar-refractivity contribution in [1.29, 1.82) is 0 Å². The Morgan fingerprint density at radius 3 is 2.79 bits per heavy atom. The summed E-state index contributed by atoms with van der Waals surface area (Å²) in [6.07, 6.45) is 7.03. The van der Waals surface area contributed by atoms with Crippen molar-refractivity contribution in [3.8, 4) is 0 Å². The van der Waals surface area contributed by atoms with Gasteiger partial charge in [0.2, 0.25) is 0 Å². The first-order chi connectivity index (χ1) is 9.28. The van der Waals surface area contributed by atoms with Crippen LogP contribution in [0, 0.1) is 5.92 Å². The SMILES string of the molecule is CCC1CCCC(OCCNc2ccc(Br)cc2)C1. The molecule has 0 aliphatic heterocycles. The van der Waals surface area contributed by atoms with Crippen molar-refractivity contribution in [2.24, 2.45) is 5.92 Å². The third-order valence-electron chi connectivity index (χ3n) is 3.94. The van der Waals surface area contributed by atoms with E-state index in [0.29, 0.717) is 6.10 Å². The van der Waals surface area contributed by atoms with E-state index in [-0.39, 0.29) is 0 Å². The maximum atomic E-state index is 5.99. The zero-order valence-corrected chi connectivity index (χ0v) is 13.3. The zero-order valence-electron chi connectivity index (χ0n) is 11.7. The van der Waals surface area contributed by atoms with E-state index in [4.69, 9.17) is 4.74 Å². The smallest absolute Gasteiger partial charge is 0.0642 e. The Kier molecular flexibility index (Phi) is 6.18. The van der Waals surface area contributed by atoms with Crippen molar-refractivity contribution in [1.82, 2.24) is 0 Å². The predicted molar refractivity (Wildman–Crippen MR) is 84.6 cm³/mol. The van der Waals surface area contributed by atoms with Crippen LogP contribution in [0.15, 0.2) is 28.7 Å². The molecule has 1 saturated carbocycles. The molecule has 2 nitrogen and oxygen atoms in total. The van der Waals surface area contributed by atoms with E-state index < -0.39 is 0 Å². The molecule has 0 saturated heterocycles. The number of anilines is 1. The van der Waals surface area contributed by atoms with Crippen LogP contribution < -0.4 is 5.32 Å². The lowest BCUT2D eigenvalue weighted by molar-refractivity contribution is 0.0181. The number of ether oxygens (including phenoxy) is 1. The van der Waals surface area contributed by atoms with Crippen LogP contribution in [0.3, 0.4) is 0 Å². The fourth-order valence-electron chi connectivity index (χ4n) is 2.75. The van der Waals surface area contributed by atoms with E-state index in [1.165, 1.54) is 32.1 Å². The predicted octanol–water partition coefficient (Wildman–Crippen LogP) is 4.85. The summed E-state index contributed by atoms with van der Waals surface area (Å²) in [7, 11) is 0. The summed E-state index contributed by atoms with van der Waals surface area (Å²) in [5.41, 5.74) is 1.15. The van der Waals surface area contributed by atoms with Crippen LogP contribution in [-0.2, 0) is 4.74 Å². The molecular weight excluding hydrogens is 302 g/mol. The molecule has 3 heteroatoms. The second-order valence-corrected chi connectivity index (χ2v) is 6.28. The molecule has 1 aromatic rings. The van der Waals surface area contributed by atoms with Crippen molar-refractivity contribution in [3.63, 3.8) is 0 Å². The second-order valence-electron chi connectivity index (χ2n) is 5.37. The average Bonchev–Trinajstić information content (AvgIpc) is 2.46. The Balaban J connectivity index is 1.62. The highest BCUT2D eigenvalue weighted by molar-refractivity contribution is 9.10. The lowest BCUT2D eigenvalue weighted by Gasteiger charge is -2.28. The minimum Gasteiger partial charge on any atom is -0.383 e. The van der Waals surface area contributed by atoms with E-state index in [0.717, 1.165) is 29.2 Å². The van der Waals surface area contributed by atoms with Crippen LogP contribution in [0.5, 0.6) is 0 Å². The van der Waals surface area contributed by atoms with Crippen LogP contribution in [0.4, 0.5) is 5.69 Å². The molecule has 0 aromatic heterocycles. The number of halogens is 1. The Hall–Kier alpha value is -0.540. The van der Waals surface area contributed by atoms with E-state index in [1.807, 2.05) is 0 Å². The van der Waals surface area contributed by atoms with Gasteiger partial charge in [0, 0.05) is 16.7 Å². The molecule has 0 amide bonds. The summed E-state index contributed by atoms with van der Waals surface area (Å²) >= 11 is 3.44. The Bertz CT molecular complexity index is 366. The fourth-order valence-corrected chi connectivity index (χ4v) is 3.02. The molecule has 1 aromatic carbocycles. The van der Waals surface area contributed by atoms with E-state index >= 15 is 0 Å². The fraction of sp³-hybridized carbons (Fsp3) is 0.625. The summed E-state index contributed by atoms with van der Waals surface area (Å²) in [4.78, 5) is 0. The van der Waals surface area contributed by atoms with Crippen molar-refractivity contribution in [2.75, 3.05) is 18.5 Å². The van der Waals surface area contributed by atoms with Crippen molar-refractivity contribution in [3.05, 3.63) is 28.7 Å². The molecule has 1 N–H and O–H groups in total. The quantitative estimate of drug-likeness (QED) is 0.755. The molecule has 106 valence electrons. The maximum Gasteiger partial charge on any atom is 0.0642 e. The standard InChI is InChI=1S/C16H24BrNO/c1-2-13-4-3-5-16(12-13)19-11-10-18-15-8-6-14(17)7-9-15/h6-9,13,16,18H,2-5,10-12H2,1H3. The molecule has 19 heavy (non-hydrogen) atoms. The third-order valence-corrected chi connectivity index (χ3v) is 4.47. The third kappa shape index (κ3) is 5.15. The largest absolute Gasteiger partial charge is 0.383 e. The average molecular weight is 326 g/mol. The van der Waals surface area contributed by atoms with Gasteiger partial charge in [-0.25, -0.2) is 0 Å². The van der Waals surface area contributed by atoms with Gasteiger partial charge < -0.3 is 10.1 Å². The van der Waals surface area contributed by atoms with Gasteiger partial charge in [-0.05, 0) is 43.0 Å². The number of hydrogen-bond donors (Lipinski definition) is 1. The van der Waals surface area contributed by atoms with Gasteiger partial charge in [-0.2, -0.15) is 0 Å². The first kappa shape index (κ1) is 14.9. The molecule has 2 atom stereocenters. The summed E-state index contributed by atoms with van der Waals surface area (Å²) in [6.45, 7) is 3.98. The lowest BCUT2D eigenvalue weighted by Crippen LogP contribution is -2.24. The minimum atomic E-state index is 0.491. The number of benzene rings is 1. The molecule has 1 fully saturated rings. The monoisotopic (exact) mass is 325 g/mol. The number of hydrogen-bond acceptors (Lipinski definition) is 2. The highest BCUT2D eigenvalue weighted by Crippen LogP contribution is 2.28. The van der Waals surface area contributed by atoms with Crippen molar-refractivity contribution in [2.45, 2.75) is 45.1 Å². The molecule has 1 aliphatic rings. The van der Waals surface area contributed by atoms with Crippen LogP contribution in [-0.4, -0.2) is 19.3 Å². The van der Waals surface area contributed by atoms with Gasteiger partial charge in [0.15, 0.2) is 0 Å². The number of nitrogens with one attached hydrogen (secondary N) is 1. The summed E-state index contributed by atoms with van der Waals surface area (Å²) in [5.74, 6) is 0.887. The van der Waals surface area contributed by atoms with Gasteiger partial charge in [-0.3, -0.25) is 0 Å². The molecule has 0 bridgehead atoms. The first-order valence-corrected chi connectivity index (χ1v) is 8.18. The van der Waals surface area contributed by atoms with Gasteiger partial charge in [0.25, 0.3) is 0 Å². The minimum absolute atomic E-state index is 0.491.